The van der Waals surface area contributed by atoms with E-state index in [0.29, 0.717) is 18.3 Å². The molecule has 0 spiro atoms. The van der Waals surface area contributed by atoms with Gasteiger partial charge in [0.25, 0.3) is 0 Å². The summed E-state index contributed by atoms with van der Waals surface area (Å²) in [5, 5.41) is 19.0. The summed E-state index contributed by atoms with van der Waals surface area (Å²) in [6, 6.07) is 16.8. The molecule has 0 aliphatic carbocycles. The summed E-state index contributed by atoms with van der Waals surface area (Å²) in [6.07, 6.45) is 8.98. The highest BCUT2D eigenvalue weighted by Gasteiger charge is 2.45. The smallest absolute Gasteiger partial charge is 0.324 e. The van der Waals surface area contributed by atoms with Crippen LogP contribution in [-0.2, 0) is 20.7 Å². The molecule has 2 aliphatic rings. The molecule has 9 heteroatoms. The van der Waals surface area contributed by atoms with Gasteiger partial charge in [-0.1, -0.05) is 55.0 Å². The summed E-state index contributed by atoms with van der Waals surface area (Å²) in [4.78, 5) is 23.6. The second-order valence-electron chi connectivity index (χ2n) is 10.1. The predicted molar refractivity (Wildman–Crippen MR) is 143 cm³/mol. The summed E-state index contributed by atoms with van der Waals surface area (Å²) in [6.45, 7) is 2.21. The van der Waals surface area contributed by atoms with Crippen LogP contribution in [0.4, 0.5) is 0 Å². The number of carbonyl (C=O) groups excluding carboxylic acids is 2. The second-order valence-corrected chi connectivity index (χ2v) is 10.1. The normalized spacial score (nSPS) is 21.2. The minimum atomic E-state index is -0.287. The van der Waals surface area contributed by atoms with Gasteiger partial charge in [-0.3, -0.25) is 4.79 Å². The molecule has 0 saturated carbocycles. The maximum Gasteiger partial charge on any atom is 0.324 e. The van der Waals surface area contributed by atoms with Crippen LogP contribution in [-0.4, -0.2) is 68.1 Å². The summed E-state index contributed by atoms with van der Waals surface area (Å²) in [7, 11) is 1.46. The minimum Gasteiger partial charge on any atom is -0.468 e. The number of ether oxygens (including phenoxy) is 1. The number of fused-ring (bicyclic) bond motifs is 1. The van der Waals surface area contributed by atoms with Crippen molar-refractivity contribution in [3.05, 3.63) is 65.9 Å². The SMILES string of the molecule is COC(=O)C1CCC(C)N2C=C(Cc3ccc(-c4ccccc4-c4nn[nH]n4)cc3)C(CCCCC=O)N12. The number of nitrogens with zero attached hydrogens (tertiary/aromatic N) is 5. The molecule has 1 N–H and O–H groups in total. The Bertz CT molecular complexity index is 1270. The highest BCUT2D eigenvalue weighted by atomic mass is 16.5. The van der Waals surface area contributed by atoms with Gasteiger partial charge in [0.1, 0.15) is 12.3 Å². The van der Waals surface area contributed by atoms with Crippen LogP contribution in [0.25, 0.3) is 22.5 Å². The molecule has 9 nitrogen and oxygen atoms in total. The third-order valence-corrected chi connectivity index (χ3v) is 7.65. The van der Waals surface area contributed by atoms with E-state index in [2.05, 4.69) is 74.1 Å². The third kappa shape index (κ3) is 5.24. The lowest BCUT2D eigenvalue weighted by Gasteiger charge is -2.46. The van der Waals surface area contributed by atoms with Gasteiger partial charge in [-0.05, 0) is 66.5 Å². The van der Waals surface area contributed by atoms with Crippen LogP contribution in [0.5, 0.6) is 0 Å². The van der Waals surface area contributed by atoms with Crippen molar-refractivity contribution in [2.75, 3.05) is 7.11 Å². The van der Waals surface area contributed by atoms with Gasteiger partial charge >= 0.3 is 5.97 Å². The maximum absolute atomic E-state index is 12.7. The number of nitrogens with one attached hydrogen (secondary N) is 1. The number of rotatable bonds is 10. The molecule has 2 aromatic carbocycles. The number of H-pyrrole nitrogens is 1. The van der Waals surface area contributed by atoms with Crippen LogP contribution in [0.3, 0.4) is 0 Å². The van der Waals surface area contributed by atoms with Gasteiger partial charge in [0.15, 0.2) is 0 Å². The monoisotopic (exact) mass is 514 g/mol. The van der Waals surface area contributed by atoms with Crippen LogP contribution in [0, 0.1) is 0 Å². The summed E-state index contributed by atoms with van der Waals surface area (Å²) < 4.78 is 5.18. The molecule has 3 unspecified atom stereocenters. The zero-order valence-corrected chi connectivity index (χ0v) is 21.9. The van der Waals surface area contributed by atoms with E-state index in [4.69, 9.17) is 4.74 Å². The van der Waals surface area contributed by atoms with Crippen LogP contribution in [0.1, 0.15) is 51.0 Å². The lowest BCUT2D eigenvalue weighted by molar-refractivity contribution is -0.163. The number of benzene rings is 2. The van der Waals surface area contributed by atoms with Crippen molar-refractivity contribution in [3.8, 4) is 22.5 Å². The molecule has 5 rings (SSSR count). The number of carbonyl (C=O) groups is 2. The van der Waals surface area contributed by atoms with Crippen LogP contribution < -0.4 is 0 Å². The molecule has 3 heterocycles. The Morgan fingerprint density at radius 2 is 1.89 bits per heavy atom. The Balaban J connectivity index is 1.39. The van der Waals surface area contributed by atoms with Gasteiger partial charge < -0.3 is 14.5 Å². The van der Waals surface area contributed by atoms with Crippen molar-refractivity contribution in [2.24, 2.45) is 0 Å². The first-order valence-corrected chi connectivity index (χ1v) is 13.3. The highest BCUT2D eigenvalue weighted by Crippen LogP contribution is 2.38. The predicted octanol–water partition coefficient (Wildman–Crippen LogP) is 4.34. The summed E-state index contributed by atoms with van der Waals surface area (Å²) in [5.41, 5.74) is 5.56. The fraction of sp³-hybridized carbons (Fsp3) is 0.414. The number of esters is 1. The van der Waals surface area contributed by atoms with E-state index in [0.717, 1.165) is 61.5 Å². The quantitative estimate of drug-likeness (QED) is 0.242. The standard InChI is InChI=1S/C29H34N6O3/c1-20-11-16-27(29(37)38-2)35-26(10-4-3-7-17-36)23(19-34(20)35)18-21-12-14-22(15-13-21)24-8-5-6-9-25(24)28-30-32-33-31-28/h5-6,8-9,12-15,17,19-20,26-27H,3-4,7,10-11,16,18H2,1-2H3,(H,30,31,32,33). The average molecular weight is 515 g/mol. The number of aromatic nitrogens is 4. The van der Waals surface area contributed by atoms with Crippen LogP contribution >= 0.6 is 0 Å². The van der Waals surface area contributed by atoms with E-state index in [1.54, 1.807) is 0 Å². The first-order valence-electron chi connectivity index (χ1n) is 13.3. The topological polar surface area (TPSA) is 104 Å². The zero-order chi connectivity index (χ0) is 26.5. The van der Waals surface area contributed by atoms with E-state index in [1.165, 1.54) is 18.2 Å². The first kappa shape index (κ1) is 25.8. The highest BCUT2D eigenvalue weighted by molar-refractivity contribution is 5.80. The number of hydrogen-bond acceptors (Lipinski definition) is 8. The van der Waals surface area contributed by atoms with Crippen molar-refractivity contribution in [2.45, 2.75) is 70.0 Å². The number of hydrazine groups is 1. The van der Waals surface area contributed by atoms with E-state index in [-0.39, 0.29) is 18.1 Å². The number of aromatic amines is 1. The Kier molecular flexibility index (Phi) is 7.93. The molecular formula is C29H34N6O3. The van der Waals surface area contributed by atoms with E-state index in [9.17, 15) is 9.59 Å². The molecule has 0 radical (unpaired) electrons. The van der Waals surface area contributed by atoms with Gasteiger partial charge in [0.2, 0.25) is 5.82 Å². The van der Waals surface area contributed by atoms with Crippen molar-refractivity contribution in [1.29, 1.82) is 0 Å². The molecule has 1 aromatic heterocycles. The Morgan fingerprint density at radius 3 is 2.61 bits per heavy atom. The maximum atomic E-state index is 12.7. The van der Waals surface area contributed by atoms with E-state index >= 15 is 0 Å². The average Bonchev–Trinajstić information content (AvgIpc) is 3.61. The van der Waals surface area contributed by atoms with E-state index < -0.39 is 0 Å². The number of hydrogen-bond donors (Lipinski definition) is 1. The lowest BCUT2D eigenvalue weighted by Crippen LogP contribution is -2.58. The molecule has 3 atom stereocenters. The molecular weight excluding hydrogens is 480 g/mol. The van der Waals surface area contributed by atoms with Crippen molar-refractivity contribution >= 4 is 12.3 Å². The number of methoxy groups -OCH3 is 1. The number of unbranched alkanes of at least 4 members (excludes halogenated alkanes) is 2. The molecule has 38 heavy (non-hydrogen) atoms. The molecule has 3 aromatic rings. The largest absolute Gasteiger partial charge is 0.468 e. The molecule has 0 bridgehead atoms. The van der Waals surface area contributed by atoms with Gasteiger partial charge in [0.05, 0.1) is 13.2 Å². The number of aldehydes is 1. The lowest BCUT2D eigenvalue weighted by atomic mass is 9.93. The van der Waals surface area contributed by atoms with Gasteiger partial charge in [0, 0.05) is 24.2 Å². The minimum absolute atomic E-state index is 0.104. The van der Waals surface area contributed by atoms with Crippen LogP contribution in [0.2, 0.25) is 0 Å². The van der Waals surface area contributed by atoms with Crippen molar-refractivity contribution < 1.29 is 14.3 Å². The van der Waals surface area contributed by atoms with E-state index in [1.807, 2.05) is 18.2 Å². The third-order valence-electron chi connectivity index (χ3n) is 7.65. The van der Waals surface area contributed by atoms with Gasteiger partial charge in [-0.15, -0.1) is 10.2 Å². The Hall–Kier alpha value is -3.85. The van der Waals surface area contributed by atoms with Crippen molar-refractivity contribution in [3.63, 3.8) is 0 Å². The van der Waals surface area contributed by atoms with Crippen molar-refractivity contribution in [1.82, 2.24) is 30.6 Å². The van der Waals surface area contributed by atoms with Gasteiger partial charge in [-0.2, -0.15) is 10.2 Å². The second kappa shape index (κ2) is 11.7. The molecule has 1 saturated heterocycles. The summed E-state index contributed by atoms with van der Waals surface area (Å²) in [5.74, 6) is 0.386. The fourth-order valence-corrected chi connectivity index (χ4v) is 5.70. The Morgan fingerprint density at radius 1 is 1.11 bits per heavy atom. The zero-order valence-electron chi connectivity index (χ0n) is 21.9. The Labute approximate surface area is 222 Å². The molecule has 198 valence electrons. The molecule has 1 fully saturated rings. The first-order chi connectivity index (χ1) is 18.6. The fourth-order valence-electron chi connectivity index (χ4n) is 5.70. The number of tetrazole rings is 1. The van der Waals surface area contributed by atoms with Crippen LogP contribution in [0.15, 0.2) is 60.3 Å². The van der Waals surface area contributed by atoms with Gasteiger partial charge in [-0.25, -0.2) is 0 Å². The molecule has 0 amide bonds. The summed E-state index contributed by atoms with van der Waals surface area (Å²) >= 11 is 0. The molecule has 2 aliphatic heterocycles.